The van der Waals surface area contributed by atoms with E-state index < -0.39 is 11.7 Å². The molecule has 1 aliphatic carbocycles. The second-order valence-electron chi connectivity index (χ2n) is 5.33. The van der Waals surface area contributed by atoms with Crippen molar-refractivity contribution in [2.75, 3.05) is 0 Å². The minimum atomic E-state index is -4.51. The summed E-state index contributed by atoms with van der Waals surface area (Å²) < 4.78 is 43.8. The van der Waals surface area contributed by atoms with E-state index in [1.165, 1.54) is 12.1 Å². The summed E-state index contributed by atoms with van der Waals surface area (Å²) in [5, 5.41) is 8.85. The number of nitriles is 1. The van der Waals surface area contributed by atoms with E-state index in [9.17, 15) is 13.2 Å². The Morgan fingerprint density at radius 2 is 2.05 bits per heavy atom. The molecule has 5 heteroatoms. The van der Waals surface area contributed by atoms with Gasteiger partial charge in [-0.15, -0.1) is 0 Å². The second kappa shape index (κ2) is 5.74. The third-order valence-corrected chi connectivity index (χ3v) is 3.61. The smallest absolute Gasteiger partial charge is 0.417 e. The van der Waals surface area contributed by atoms with Crippen LogP contribution in [0.2, 0.25) is 0 Å². The lowest BCUT2D eigenvalue weighted by Gasteiger charge is -2.27. The zero-order chi connectivity index (χ0) is 14.8. The Kier molecular flexibility index (Phi) is 4.22. The summed E-state index contributed by atoms with van der Waals surface area (Å²) in [5.41, 5.74) is -1.30. The molecule has 0 radical (unpaired) electrons. The van der Waals surface area contributed by atoms with Crippen LogP contribution in [0, 0.1) is 17.2 Å². The minimum Gasteiger partial charge on any atom is -0.490 e. The number of ether oxygens (including phenoxy) is 1. The first-order valence-corrected chi connectivity index (χ1v) is 6.68. The Hall–Kier alpha value is -1.70. The molecule has 0 aromatic heterocycles. The largest absolute Gasteiger partial charge is 0.490 e. The van der Waals surface area contributed by atoms with Gasteiger partial charge in [0.15, 0.2) is 0 Å². The van der Waals surface area contributed by atoms with E-state index in [1.54, 1.807) is 6.07 Å². The van der Waals surface area contributed by atoms with Crippen LogP contribution < -0.4 is 4.74 Å². The van der Waals surface area contributed by atoms with E-state index in [0.29, 0.717) is 11.7 Å². The number of alkyl halides is 3. The summed E-state index contributed by atoms with van der Waals surface area (Å²) in [4.78, 5) is 0. The first kappa shape index (κ1) is 14.7. The number of hydrogen-bond donors (Lipinski definition) is 0. The fraction of sp³-hybridized carbons (Fsp3) is 0.533. The molecule has 0 saturated heterocycles. The van der Waals surface area contributed by atoms with E-state index in [4.69, 9.17) is 10.00 Å². The van der Waals surface area contributed by atoms with Gasteiger partial charge >= 0.3 is 6.18 Å². The maximum absolute atomic E-state index is 12.7. The molecule has 2 rings (SSSR count). The van der Waals surface area contributed by atoms with E-state index >= 15 is 0 Å². The van der Waals surface area contributed by atoms with Crippen molar-refractivity contribution in [1.82, 2.24) is 0 Å². The van der Waals surface area contributed by atoms with E-state index in [0.717, 1.165) is 31.7 Å². The molecule has 0 aliphatic heterocycles. The van der Waals surface area contributed by atoms with Gasteiger partial charge in [-0.1, -0.05) is 13.3 Å². The highest BCUT2D eigenvalue weighted by molar-refractivity contribution is 5.44. The predicted octanol–water partition coefficient (Wildman–Crippen LogP) is 4.53. The quantitative estimate of drug-likeness (QED) is 0.798. The van der Waals surface area contributed by atoms with Crippen molar-refractivity contribution >= 4 is 0 Å². The van der Waals surface area contributed by atoms with Crippen LogP contribution in [0.3, 0.4) is 0 Å². The summed E-state index contributed by atoms with van der Waals surface area (Å²) in [6.45, 7) is 2.14. The van der Waals surface area contributed by atoms with E-state index in [1.807, 2.05) is 0 Å². The fourth-order valence-corrected chi connectivity index (χ4v) is 2.61. The number of nitrogens with zero attached hydrogens (tertiary/aromatic N) is 1. The third kappa shape index (κ3) is 3.44. The predicted molar refractivity (Wildman–Crippen MR) is 68.2 cm³/mol. The van der Waals surface area contributed by atoms with Crippen molar-refractivity contribution in [1.29, 1.82) is 5.26 Å². The van der Waals surface area contributed by atoms with E-state index in [2.05, 4.69) is 6.92 Å². The molecule has 1 aromatic carbocycles. The Labute approximate surface area is 116 Å². The zero-order valence-corrected chi connectivity index (χ0v) is 11.2. The molecule has 0 bridgehead atoms. The monoisotopic (exact) mass is 283 g/mol. The summed E-state index contributed by atoms with van der Waals surface area (Å²) in [6.07, 6.45) is -0.436. The Morgan fingerprint density at radius 3 is 2.65 bits per heavy atom. The first-order chi connectivity index (χ1) is 9.40. The maximum atomic E-state index is 12.7. The van der Waals surface area contributed by atoms with Crippen LogP contribution in [0.15, 0.2) is 18.2 Å². The maximum Gasteiger partial charge on any atom is 0.417 e. The van der Waals surface area contributed by atoms with Gasteiger partial charge in [0, 0.05) is 0 Å². The standard InChI is InChI=1S/C15H16F3NO/c1-10-3-2-4-12(7-10)20-13-5-6-14(15(16,17)18)11(8-13)9-19/h5-6,8,10,12H,2-4,7H2,1H3. The molecule has 0 heterocycles. The Morgan fingerprint density at radius 1 is 1.30 bits per heavy atom. The number of benzene rings is 1. The van der Waals surface area contributed by atoms with Gasteiger partial charge in [0.25, 0.3) is 0 Å². The molecule has 1 fully saturated rings. The normalized spacial score (nSPS) is 23.1. The van der Waals surface area contributed by atoms with Gasteiger partial charge in [0.05, 0.1) is 23.3 Å². The van der Waals surface area contributed by atoms with Crippen LogP contribution in [-0.4, -0.2) is 6.10 Å². The van der Waals surface area contributed by atoms with Crippen molar-refractivity contribution in [2.45, 2.75) is 44.9 Å². The number of hydrogen-bond acceptors (Lipinski definition) is 2. The molecular weight excluding hydrogens is 267 g/mol. The van der Waals surface area contributed by atoms with Crippen molar-refractivity contribution < 1.29 is 17.9 Å². The molecule has 1 aliphatic rings. The molecule has 0 N–H and O–H groups in total. The molecule has 108 valence electrons. The summed E-state index contributed by atoms with van der Waals surface area (Å²) >= 11 is 0. The van der Waals surface area contributed by atoms with Crippen LogP contribution in [-0.2, 0) is 6.18 Å². The molecule has 0 spiro atoms. The van der Waals surface area contributed by atoms with Gasteiger partial charge in [0.1, 0.15) is 5.75 Å². The third-order valence-electron chi connectivity index (χ3n) is 3.61. The van der Waals surface area contributed by atoms with Crippen molar-refractivity contribution in [3.63, 3.8) is 0 Å². The highest BCUT2D eigenvalue weighted by Crippen LogP contribution is 2.34. The average Bonchev–Trinajstić information content (AvgIpc) is 2.37. The van der Waals surface area contributed by atoms with Crippen molar-refractivity contribution in [2.24, 2.45) is 5.92 Å². The van der Waals surface area contributed by atoms with Crippen molar-refractivity contribution in [3.8, 4) is 11.8 Å². The zero-order valence-electron chi connectivity index (χ0n) is 11.2. The lowest BCUT2D eigenvalue weighted by molar-refractivity contribution is -0.137. The second-order valence-corrected chi connectivity index (χ2v) is 5.33. The molecule has 2 atom stereocenters. The average molecular weight is 283 g/mol. The van der Waals surface area contributed by atoms with Gasteiger partial charge in [-0.3, -0.25) is 0 Å². The van der Waals surface area contributed by atoms with Crippen LogP contribution >= 0.6 is 0 Å². The van der Waals surface area contributed by atoms with E-state index in [-0.39, 0.29) is 11.7 Å². The summed E-state index contributed by atoms with van der Waals surface area (Å²) in [5.74, 6) is 0.910. The summed E-state index contributed by atoms with van der Waals surface area (Å²) in [7, 11) is 0. The van der Waals surface area contributed by atoms with Gasteiger partial charge in [0.2, 0.25) is 0 Å². The summed E-state index contributed by atoms with van der Waals surface area (Å²) in [6, 6.07) is 4.98. The lowest BCUT2D eigenvalue weighted by atomic mass is 9.89. The van der Waals surface area contributed by atoms with Crippen LogP contribution in [0.5, 0.6) is 5.75 Å². The Bertz CT molecular complexity index is 519. The first-order valence-electron chi connectivity index (χ1n) is 6.68. The van der Waals surface area contributed by atoms with Crippen LogP contribution in [0.1, 0.15) is 43.7 Å². The fourth-order valence-electron chi connectivity index (χ4n) is 2.61. The molecular formula is C15H16F3NO. The highest BCUT2D eigenvalue weighted by atomic mass is 19.4. The molecule has 2 nitrogen and oxygen atoms in total. The molecule has 1 saturated carbocycles. The van der Waals surface area contributed by atoms with Gasteiger partial charge < -0.3 is 4.74 Å². The van der Waals surface area contributed by atoms with Crippen molar-refractivity contribution in [3.05, 3.63) is 29.3 Å². The molecule has 20 heavy (non-hydrogen) atoms. The lowest BCUT2D eigenvalue weighted by Crippen LogP contribution is -2.24. The van der Waals surface area contributed by atoms with Gasteiger partial charge in [-0.05, 0) is 43.4 Å². The molecule has 0 amide bonds. The van der Waals surface area contributed by atoms with Gasteiger partial charge in [-0.2, -0.15) is 18.4 Å². The Balaban J connectivity index is 2.16. The molecule has 1 aromatic rings. The van der Waals surface area contributed by atoms with Gasteiger partial charge in [-0.25, -0.2) is 0 Å². The topological polar surface area (TPSA) is 33.0 Å². The number of rotatable bonds is 2. The van der Waals surface area contributed by atoms with Crippen LogP contribution in [0.4, 0.5) is 13.2 Å². The van der Waals surface area contributed by atoms with Crippen LogP contribution in [0.25, 0.3) is 0 Å². The molecule has 2 unspecified atom stereocenters. The number of halogens is 3. The SMILES string of the molecule is CC1CCCC(Oc2ccc(C(F)(F)F)c(C#N)c2)C1. The highest BCUT2D eigenvalue weighted by Gasteiger charge is 2.33. The minimum absolute atomic E-state index is 0.0297.